The summed E-state index contributed by atoms with van der Waals surface area (Å²) in [5.74, 6) is -0.177. The highest BCUT2D eigenvalue weighted by molar-refractivity contribution is 6.31. The number of alkyl halides is 3. The number of rotatable bonds is 3. The van der Waals surface area contributed by atoms with Crippen LogP contribution in [0.2, 0.25) is 5.02 Å². The van der Waals surface area contributed by atoms with Crippen molar-refractivity contribution in [2.45, 2.75) is 31.6 Å². The number of amides is 3. The zero-order chi connectivity index (χ0) is 25.0. The molecule has 0 saturated carbocycles. The minimum atomic E-state index is -4.63. The van der Waals surface area contributed by atoms with Crippen LogP contribution in [0.5, 0.6) is 0 Å². The zero-order valence-corrected chi connectivity index (χ0v) is 19.7. The molecule has 3 aliphatic rings. The second kappa shape index (κ2) is 8.70. The Bertz CT molecular complexity index is 1170. The summed E-state index contributed by atoms with van der Waals surface area (Å²) in [6.45, 7) is 4.64. The molecule has 4 heterocycles. The lowest BCUT2D eigenvalue weighted by Crippen LogP contribution is -2.69. The van der Waals surface area contributed by atoms with Crippen LogP contribution in [0.1, 0.15) is 19.0 Å². The van der Waals surface area contributed by atoms with Gasteiger partial charge in [-0.3, -0.25) is 4.79 Å². The third-order valence-electron chi connectivity index (χ3n) is 6.80. The standard InChI is InChI=1S/C23H25ClF3N5O3/c1-13(33)31-7-15(5-16(8-31)29-21(34)32-9-22(10-32)11-35-12-22)28-19-6-20(23(25,26)27)30-18-3-2-14(24)4-17(18)19/h2-4,6,15-16H,5,7-12H2,1H3,(H,28,30)(H,29,34)/t15-,16+/m1/s1. The van der Waals surface area contributed by atoms with Gasteiger partial charge in [-0.05, 0) is 30.7 Å². The van der Waals surface area contributed by atoms with Crippen molar-refractivity contribution in [2.24, 2.45) is 5.41 Å². The molecule has 3 fully saturated rings. The van der Waals surface area contributed by atoms with E-state index in [1.165, 1.54) is 19.1 Å². The van der Waals surface area contributed by atoms with Gasteiger partial charge in [-0.2, -0.15) is 13.2 Å². The van der Waals surface area contributed by atoms with Gasteiger partial charge in [0.15, 0.2) is 0 Å². The van der Waals surface area contributed by atoms with Gasteiger partial charge < -0.3 is 25.2 Å². The van der Waals surface area contributed by atoms with Crippen LogP contribution in [-0.2, 0) is 15.7 Å². The van der Waals surface area contributed by atoms with Crippen LogP contribution in [0.4, 0.5) is 23.7 Å². The second-order valence-corrected chi connectivity index (χ2v) is 10.1. The van der Waals surface area contributed by atoms with E-state index in [0.717, 1.165) is 6.07 Å². The number of likely N-dealkylation sites (tertiary alicyclic amines) is 2. The van der Waals surface area contributed by atoms with E-state index in [4.69, 9.17) is 16.3 Å². The van der Waals surface area contributed by atoms with Gasteiger partial charge in [0.2, 0.25) is 5.91 Å². The third kappa shape index (κ3) is 4.84. The summed E-state index contributed by atoms with van der Waals surface area (Å²) in [7, 11) is 0. The molecule has 2 aromatic rings. The van der Waals surface area contributed by atoms with Gasteiger partial charge in [-0.25, -0.2) is 9.78 Å². The highest BCUT2D eigenvalue weighted by Crippen LogP contribution is 2.38. The van der Waals surface area contributed by atoms with Crippen LogP contribution in [0.25, 0.3) is 10.9 Å². The van der Waals surface area contributed by atoms with Crippen molar-refractivity contribution in [2.75, 3.05) is 44.7 Å². The number of fused-ring (bicyclic) bond motifs is 1. The van der Waals surface area contributed by atoms with E-state index in [0.29, 0.717) is 49.7 Å². The SMILES string of the molecule is CC(=O)N1C[C@@H](NC(=O)N2CC3(COC3)C2)C[C@@H](Nc2cc(C(F)(F)F)nc3ccc(Cl)cc23)C1. The van der Waals surface area contributed by atoms with Gasteiger partial charge in [0, 0.05) is 55.2 Å². The Labute approximate surface area is 204 Å². The number of piperidine rings is 1. The first-order valence-electron chi connectivity index (χ1n) is 11.3. The summed E-state index contributed by atoms with van der Waals surface area (Å²) in [6.07, 6.45) is -4.19. The molecule has 0 bridgehead atoms. The molecular weight excluding hydrogens is 487 g/mol. The molecule has 1 aromatic heterocycles. The van der Waals surface area contributed by atoms with Gasteiger partial charge in [-0.15, -0.1) is 0 Å². The maximum Gasteiger partial charge on any atom is 0.433 e. The molecule has 3 aliphatic heterocycles. The van der Waals surface area contributed by atoms with E-state index in [1.54, 1.807) is 15.9 Å². The average Bonchev–Trinajstić information content (AvgIpc) is 2.71. The predicted molar refractivity (Wildman–Crippen MR) is 123 cm³/mol. The monoisotopic (exact) mass is 511 g/mol. The minimum Gasteiger partial charge on any atom is -0.380 e. The van der Waals surface area contributed by atoms with Gasteiger partial charge in [0.1, 0.15) is 5.69 Å². The number of benzene rings is 1. The van der Waals surface area contributed by atoms with Crippen molar-refractivity contribution in [3.8, 4) is 0 Å². The first-order chi connectivity index (χ1) is 16.5. The molecule has 8 nitrogen and oxygen atoms in total. The molecule has 2 atom stereocenters. The van der Waals surface area contributed by atoms with Crippen LogP contribution in [0.3, 0.4) is 0 Å². The van der Waals surface area contributed by atoms with E-state index in [1.807, 2.05) is 0 Å². The molecular formula is C23H25ClF3N5O3. The molecule has 1 spiro atoms. The molecule has 0 aliphatic carbocycles. The molecule has 0 radical (unpaired) electrons. The fraction of sp³-hybridized carbons (Fsp3) is 0.522. The van der Waals surface area contributed by atoms with E-state index in [2.05, 4.69) is 15.6 Å². The number of pyridine rings is 1. The topological polar surface area (TPSA) is 86.8 Å². The number of aromatic nitrogens is 1. The normalized spacial score (nSPS) is 23.6. The number of nitrogens with zero attached hydrogens (tertiary/aromatic N) is 3. The Balaban J connectivity index is 1.35. The van der Waals surface area contributed by atoms with E-state index < -0.39 is 17.9 Å². The van der Waals surface area contributed by atoms with Gasteiger partial charge in [0.25, 0.3) is 0 Å². The lowest BCUT2D eigenvalue weighted by atomic mass is 9.78. The average molecular weight is 512 g/mol. The zero-order valence-electron chi connectivity index (χ0n) is 19.0. The quantitative estimate of drug-likeness (QED) is 0.660. The fourth-order valence-electron chi connectivity index (χ4n) is 4.99. The number of carbonyl (C=O) groups excluding carboxylic acids is 2. The molecule has 3 amide bonds. The summed E-state index contributed by atoms with van der Waals surface area (Å²) in [6, 6.07) is 4.48. The first-order valence-corrected chi connectivity index (χ1v) is 11.7. The van der Waals surface area contributed by atoms with Crippen molar-refractivity contribution in [1.29, 1.82) is 0 Å². The number of nitrogens with one attached hydrogen (secondary N) is 2. The minimum absolute atomic E-state index is 0.0826. The number of ether oxygens (including phenoxy) is 1. The maximum atomic E-state index is 13.5. The number of carbonyl (C=O) groups is 2. The summed E-state index contributed by atoms with van der Waals surface area (Å²) in [5.41, 5.74) is -0.563. The molecule has 3 saturated heterocycles. The summed E-state index contributed by atoms with van der Waals surface area (Å²) < 4.78 is 45.7. The van der Waals surface area contributed by atoms with Crippen LogP contribution >= 0.6 is 11.6 Å². The van der Waals surface area contributed by atoms with E-state index >= 15 is 0 Å². The van der Waals surface area contributed by atoms with Crippen molar-refractivity contribution in [3.63, 3.8) is 0 Å². The number of anilines is 1. The summed E-state index contributed by atoms with van der Waals surface area (Å²) in [5, 5.41) is 6.96. The van der Waals surface area contributed by atoms with Crippen LogP contribution < -0.4 is 10.6 Å². The molecule has 0 unspecified atom stereocenters. The Morgan fingerprint density at radius 1 is 1.14 bits per heavy atom. The molecule has 35 heavy (non-hydrogen) atoms. The molecule has 5 rings (SSSR count). The van der Waals surface area contributed by atoms with E-state index in [9.17, 15) is 22.8 Å². The fourth-order valence-corrected chi connectivity index (χ4v) is 5.17. The third-order valence-corrected chi connectivity index (χ3v) is 7.04. The first kappa shape index (κ1) is 23.9. The summed E-state index contributed by atoms with van der Waals surface area (Å²) in [4.78, 5) is 32.0. The lowest BCUT2D eigenvalue weighted by Gasteiger charge is -2.55. The molecule has 12 heteroatoms. The van der Waals surface area contributed by atoms with Crippen LogP contribution in [-0.4, -0.2) is 78.2 Å². The lowest BCUT2D eigenvalue weighted by molar-refractivity contribution is -0.175. The Hall–Kier alpha value is -2.79. The van der Waals surface area contributed by atoms with Gasteiger partial charge in [0.05, 0.1) is 30.2 Å². The molecule has 2 N–H and O–H groups in total. The number of hydrogen-bond donors (Lipinski definition) is 2. The van der Waals surface area contributed by atoms with Crippen molar-refractivity contribution in [3.05, 3.63) is 35.0 Å². The van der Waals surface area contributed by atoms with Gasteiger partial charge >= 0.3 is 12.2 Å². The number of urea groups is 1. The van der Waals surface area contributed by atoms with Crippen molar-refractivity contribution >= 4 is 40.1 Å². The summed E-state index contributed by atoms with van der Waals surface area (Å²) >= 11 is 6.10. The van der Waals surface area contributed by atoms with Crippen molar-refractivity contribution < 1.29 is 27.5 Å². The van der Waals surface area contributed by atoms with Crippen LogP contribution in [0, 0.1) is 5.41 Å². The predicted octanol–water partition coefficient (Wildman–Crippen LogP) is 3.35. The smallest absolute Gasteiger partial charge is 0.380 e. The van der Waals surface area contributed by atoms with E-state index in [-0.39, 0.29) is 41.1 Å². The highest BCUT2D eigenvalue weighted by atomic mass is 35.5. The largest absolute Gasteiger partial charge is 0.433 e. The Kier molecular flexibility index (Phi) is 5.95. The van der Waals surface area contributed by atoms with Crippen LogP contribution in [0.15, 0.2) is 24.3 Å². The maximum absolute atomic E-state index is 13.5. The number of hydrogen-bond acceptors (Lipinski definition) is 5. The number of halogens is 4. The Morgan fingerprint density at radius 2 is 1.86 bits per heavy atom. The molecule has 1 aromatic carbocycles. The Morgan fingerprint density at radius 3 is 2.49 bits per heavy atom. The second-order valence-electron chi connectivity index (χ2n) is 9.71. The molecule has 188 valence electrons. The van der Waals surface area contributed by atoms with Gasteiger partial charge in [-0.1, -0.05) is 11.6 Å². The van der Waals surface area contributed by atoms with Crippen molar-refractivity contribution in [1.82, 2.24) is 20.1 Å². The highest BCUT2D eigenvalue weighted by Gasteiger charge is 2.51.